The van der Waals surface area contributed by atoms with Crippen molar-refractivity contribution >= 4 is 23.1 Å². The highest BCUT2D eigenvalue weighted by molar-refractivity contribution is 6.04. The number of rotatable bonds is 6. The molecule has 0 radical (unpaired) electrons. The molecule has 0 atom stereocenters. The maximum atomic E-state index is 11.1. The Balaban J connectivity index is 3.52. The number of carbonyl (C=O) groups is 2. The second-order valence-corrected chi connectivity index (χ2v) is 4.40. The number of benzene rings is 1. The average molecular weight is 320 g/mol. The summed E-state index contributed by atoms with van der Waals surface area (Å²) in [6.07, 6.45) is 2.51. The monoisotopic (exact) mass is 320 g/mol. The van der Waals surface area contributed by atoms with Crippen LogP contribution in [0, 0.1) is 22.7 Å². The summed E-state index contributed by atoms with van der Waals surface area (Å²) >= 11 is 0. The van der Waals surface area contributed by atoms with Crippen LogP contribution in [0.4, 0.5) is 0 Å². The Morgan fingerprint density at radius 1 is 0.833 bits per heavy atom. The highest BCUT2D eigenvalue weighted by Crippen LogP contribution is 2.25. The van der Waals surface area contributed by atoms with Gasteiger partial charge in [0.15, 0.2) is 0 Å². The zero-order chi connectivity index (χ0) is 18.3. The van der Waals surface area contributed by atoms with E-state index in [1.165, 1.54) is 36.4 Å². The number of hydrogen-bond acceptors (Lipinski definition) is 4. The molecule has 1 aromatic rings. The third-order valence-electron chi connectivity index (χ3n) is 3.11. The summed E-state index contributed by atoms with van der Waals surface area (Å²) in [7, 11) is 0. The normalized spacial score (nSPS) is 11.9. The van der Waals surface area contributed by atoms with Gasteiger partial charge in [-0.05, 0) is 11.1 Å². The van der Waals surface area contributed by atoms with E-state index in [4.69, 9.17) is 20.7 Å². The largest absolute Gasteiger partial charge is 0.477 e. The number of nitrogens with zero attached hydrogens (tertiary/aromatic N) is 2. The number of carboxylic acid groups (broad SMARTS) is 2. The molecule has 6 heteroatoms. The smallest absolute Gasteiger partial charge is 0.347 e. The van der Waals surface area contributed by atoms with Crippen LogP contribution in [0.25, 0.3) is 11.1 Å². The molecule has 6 nitrogen and oxygen atoms in total. The topological polar surface area (TPSA) is 122 Å². The van der Waals surface area contributed by atoms with Gasteiger partial charge in [0.2, 0.25) is 0 Å². The number of carboxylic acids is 2. The van der Waals surface area contributed by atoms with E-state index >= 15 is 0 Å². The standard InChI is InChI=1S/C18H12N2O4/c1-3-13(15(9-19)17(21)22)11-5-7-12(8-6-11)14(4-2)16(10-20)18(23)24/h3-8H,1-2H2,(H,21,22)(H,23,24)/b15-13-,16-14-. The van der Waals surface area contributed by atoms with Gasteiger partial charge in [-0.15, -0.1) is 0 Å². The molecule has 24 heavy (non-hydrogen) atoms. The van der Waals surface area contributed by atoms with Gasteiger partial charge in [0, 0.05) is 11.1 Å². The maximum Gasteiger partial charge on any atom is 0.347 e. The lowest BCUT2D eigenvalue weighted by atomic mass is 9.95. The molecule has 1 aromatic carbocycles. The van der Waals surface area contributed by atoms with Crippen LogP contribution < -0.4 is 0 Å². The zero-order valence-electron chi connectivity index (χ0n) is 12.5. The molecule has 0 fully saturated rings. The average Bonchev–Trinajstić information content (AvgIpc) is 2.56. The van der Waals surface area contributed by atoms with Crippen molar-refractivity contribution in [2.45, 2.75) is 0 Å². The molecule has 0 aliphatic heterocycles. The molecule has 0 aliphatic carbocycles. The Kier molecular flexibility index (Phi) is 5.99. The van der Waals surface area contributed by atoms with Crippen molar-refractivity contribution in [3.8, 4) is 12.1 Å². The summed E-state index contributed by atoms with van der Waals surface area (Å²) in [5.74, 6) is -2.75. The van der Waals surface area contributed by atoms with E-state index in [-0.39, 0.29) is 11.1 Å². The number of allylic oxidation sites excluding steroid dienone is 4. The molecule has 0 unspecified atom stereocenters. The van der Waals surface area contributed by atoms with Gasteiger partial charge >= 0.3 is 11.9 Å². The molecule has 2 N–H and O–H groups in total. The molecule has 0 heterocycles. The molecule has 0 aromatic heterocycles. The fraction of sp³-hybridized carbons (Fsp3) is 0. The van der Waals surface area contributed by atoms with E-state index < -0.39 is 23.1 Å². The summed E-state index contributed by atoms with van der Waals surface area (Å²) in [5, 5.41) is 36.0. The van der Waals surface area contributed by atoms with Crippen molar-refractivity contribution in [1.29, 1.82) is 10.5 Å². The van der Waals surface area contributed by atoms with Crippen molar-refractivity contribution in [2.24, 2.45) is 0 Å². The number of nitriles is 2. The summed E-state index contributed by atoms with van der Waals surface area (Å²) in [4.78, 5) is 22.2. The highest BCUT2D eigenvalue weighted by atomic mass is 16.4. The van der Waals surface area contributed by atoms with Gasteiger partial charge in [-0.25, -0.2) is 9.59 Å². The first-order valence-electron chi connectivity index (χ1n) is 6.52. The lowest BCUT2D eigenvalue weighted by molar-refractivity contribution is -0.133. The fourth-order valence-electron chi connectivity index (χ4n) is 2.00. The molecule has 0 saturated carbocycles. The molecular formula is C18H12N2O4. The Morgan fingerprint density at radius 2 is 1.12 bits per heavy atom. The Morgan fingerprint density at radius 3 is 1.29 bits per heavy atom. The predicted octanol–water partition coefficient (Wildman–Crippen LogP) is 2.78. The highest BCUT2D eigenvalue weighted by Gasteiger charge is 2.16. The van der Waals surface area contributed by atoms with Gasteiger partial charge in [0.05, 0.1) is 0 Å². The van der Waals surface area contributed by atoms with Gasteiger partial charge in [0.1, 0.15) is 23.3 Å². The van der Waals surface area contributed by atoms with Crippen molar-refractivity contribution < 1.29 is 19.8 Å². The summed E-state index contributed by atoms with van der Waals surface area (Å²) < 4.78 is 0. The predicted molar refractivity (Wildman–Crippen MR) is 87.2 cm³/mol. The second kappa shape index (κ2) is 7.92. The minimum absolute atomic E-state index is 0.138. The molecule has 118 valence electrons. The van der Waals surface area contributed by atoms with Crippen LogP contribution in [0.2, 0.25) is 0 Å². The molecular weight excluding hydrogens is 308 g/mol. The second-order valence-electron chi connectivity index (χ2n) is 4.40. The zero-order valence-corrected chi connectivity index (χ0v) is 12.5. The first-order chi connectivity index (χ1) is 11.4. The van der Waals surface area contributed by atoms with Gasteiger partial charge in [0.25, 0.3) is 0 Å². The lowest BCUT2D eigenvalue weighted by Crippen LogP contribution is -2.02. The summed E-state index contributed by atoms with van der Waals surface area (Å²) in [5.41, 5.74) is 0.203. The van der Waals surface area contributed by atoms with Gasteiger partial charge in [-0.1, -0.05) is 49.6 Å². The van der Waals surface area contributed by atoms with Crippen LogP contribution in [-0.4, -0.2) is 22.2 Å². The lowest BCUT2D eigenvalue weighted by Gasteiger charge is -2.08. The van der Waals surface area contributed by atoms with Crippen molar-refractivity contribution in [3.05, 3.63) is 71.8 Å². The van der Waals surface area contributed by atoms with E-state index in [1.54, 1.807) is 12.1 Å². The van der Waals surface area contributed by atoms with Crippen molar-refractivity contribution in [2.75, 3.05) is 0 Å². The van der Waals surface area contributed by atoms with E-state index in [0.717, 1.165) is 0 Å². The summed E-state index contributed by atoms with van der Waals surface area (Å²) in [6, 6.07) is 9.24. The Bertz CT molecular complexity index is 787. The van der Waals surface area contributed by atoms with E-state index in [0.29, 0.717) is 11.1 Å². The third-order valence-corrected chi connectivity index (χ3v) is 3.11. The van der Waals surface area contributed by atoms with Crippen LogP contribution in [0.3, 0.4) is 0 Å². The molecule has 1 rings (SSSR count). The SMILES string of the molecule is C=C/C(=C(\C#N)C(=O)O)c1ccc(/C(C=C)=C(/C#N)C(=O)O)cc1. The Hall–Kier alpha value is -3.90. The minimum Gasteiger partial charge on any atom is -0.477 e. The van der Waals surface area contributed by atoms with Gasteiger partial charge in [-0.3, -0.25) is 0 Å². The van der Waals surface area contributed by atoms with Crippen LogP contribution in [-0.2, 0) is 9.59 Å². The van der Waals surface area contributed by atoms with E-state index in [9.17, 15) is 9.59 Å². The van der Waals surface area contributed by atoms with Crippen molar-refractivity contribution in [3.63, 3.8) is 0 Å². The first-order valence-corrected chi connectivity index (χ1v) is 6.52. The third kappa shape index (κ3) is 3.65. The Labute approximate surface area is 138 Å². The fourth-order valence-corrected chi connectivity index (χ4v) is 2.00. The number of aliphatic carboxylic acids is 2. The van der Waals surface area contributed by atoms with Crippen molar-refractivity contribution in [1.82, 2.24) is 0 Å². The van der Waals surface area contributed by atoms with Gasteiger partial charge < -0.3 is 10.2 Å². The molecule has 0 bridgehead atoms. The van der Waals surface area contributed by atoms with Crippen LogP contribution in [0.1, 0.15) is 11.1 Å². The molecule has 0 spiro atoms. The number of hydrogen-bond donors (Lipinski definition) is 2. The van der Waals surface area contributed by atoms with Crippen LogP contribution >= 0.6 is 0 Å². The van der Waals surface area contributed by atoms with Crippen LogP contribution in [0.5, 0.6) is 0 Å². The minimum atomic E-state index is -1.37. The molecule has 0 amide bonds. The quantitative estimate of drug-likeness (QED) is 0.472. The van der Waals surface area contributed by atoms with Gasteiger partial charge in [-0.2, -0.15) is 10.5 Å². The molecule has 0 saturated heterocycles. The molecule has 0 aliphatic rings. The summed E-state index contributed by atoms with van der Waals surface area (Å²) in [6.45, 7) is 7.02. The van der Waals surface area contributed by atoms with E-state index in [2.05, 4.69) is 13.2 Å². The first kappa shape index (κ1) is 18.1. The van der Waals surface area contributed by atoms with E-state index in [1.807, 2.05) is 0 Å². The maximum absolute atomic E-state index is 11.1. The van der Waals surface area contributed by atoms with Crippen LogP contribution in [0.15, 0.2) is 60.7 Å².